The van der Waals surface area contributed by atoms with E-state index >= 15 is 0 Å². The monoisotopic (exact) mass is 260 g/mol. The van der Waals surface area contributed by atoms with Crippen LogP contribution in [-0.2, 0) is 9.30 Å². The summed E-state index contributed by atoms with van der Waals surface area (Å²) >= 11 is 0. The molecule has 0 aliphatic carbocycles. The van der Waals surface area contributed by atoms with E-state index in [1.54, 1.807) is 0 Å². The average Bonchev–Trinajstić information content (AvgIpc) is 2.40. The third-order valence-corrected chi connectivity index (χ3v) is 5.28. The van der Waals surface area contributed by atoms with Gasteiger partial charge in [0.2, 0.25) is 0 Å². The Kier molecular flexibility index (Phi) is 2.83. The van der Waals surface area contributed by atoms with E-state index in [1.807, 2.05) is 60.7 Å². The molecule has 1 saturated heterocycles. The summed E-state index contributed by atoms with van der Waals surface area (Å²) in [5.41, 5.74) is 1.52. The molecule has 3 atom stereocenters. The van der Waals surface area contributed by atoms with Crippen LogP contribution >= 0.6 is 7.37 Å². The van der Waals surface area contributed by atoms with Gasteiger partial charge in [-0.15, -0.1) is 0 Å². The van der Waals surface area contributed by atoms with E-state index in [1.165, 1.54) is 0 Å². The minimum atomic E-state index is -3.35. The summed E-state index contributed by atoms with van der Waals surface area (Å²) in [5, 5.41) is 0. The molecule has 3 nitrogen and oxygen atoms in total. The molecule has 92 valence electrons. The smallest absolute Gasteiger partial charge is 0.265 e. The summed E-state index contributed by atoms with van der Waals surface area (Å²) in [5.74, 6) is -1.38. The van der Waals surface area contributed by atoms with Crippen LogP contribution in [0.5, 0.6) is 0 Å². The lowest BCUT2D eigenvalue weighted by Crippen LogP contribution is -2.24. The maximum atomic E-state index is 12.4. The van der Waals surface area contributed by atoms with Gasteiger partial charge in [-0.2, -0.15) is 0 Å². The Bertz CT molecular complexity index is 533. The van der Waals surface area contributed by atoms with Crippen LogP contribution in [-0.4, -0.2) is 4.89 Å². The molecule has 0 bridgehead atoms. The minimum absolute atomic E-state index is 0.691. The molecule has 0 radical (unpaired) electrons. The van der Waals surface area contributed by atoms with E-state index in [2.05, 4.69) is 0 Å². The van der Waals surface area contributed by atoms with Crippen molar-refractivity contribution in [3.8, 4) is 0 Å². The van der Waals surface area contributed by atoms with Crippen LogP contribution in [0.1, 0.15) is 22.8 Å². The highest BCUT2D eigenvalue weighted by Crippen LogP contribution is 2.76. The fourth-order valence-electron chi connectivity index (χ4n) is 2.18. The molecular weight excluding hydrogens is 247 g/mol. The maximum Gasteiger partial charge on any atom is 0.265 e. The summed E-state index contributed by atoms with van der Waals surface area (Å²) in [6, 6.07) is 18.4. The highest BCUT2D eigenvalue weighted by molar-refractivity contribution is 7.59. The van der Waals surface area contributed by atoms with Crippen LogP contribution in [0.4, 0.5) is 0 Å². The van der Waals surface area contributed by atoms with Gasteiger partial charge in [0.05, 0.1) is 0 Å². The van der Waals surface area contributed by atoms with Crippen molar-refractivity contribution in [3.63, 3.8) is 0 Å². The zero-order valence-electron chi connectivity index (χ0n) is 9.64. The standard InChI is InChI=1S/C14H13O3P/c15-18(16)13(11-7-3-1-4-8-11)17-14(18)12-9-5-2-6-10-12/h1-10,13-14H,(H,15,16)/t13-,14+. The lowest BCUT2D eigenvalue weighted by atomic mass is 10.2. The van der Waals surface area contributed by atoms with Crippen LogP contribution in [0.2, 0.25) is 0 Å². The number of benzene rings is 2. The Morgan fingerprint density at radius 1 is 0.833 bits per heavy atom. The van der Waals surface area contributed by atoms with Gasteiger partial charge in [0.15, 0.2) is 11.7 Å². The van der Waals surface area contributed by atoms with Gasteiger partial charge in [0.1, 0.15) is 0 Å². The highest BCUT2D eigenvalue weighted by atomic mass is 31.2. The van der Waals surface area contributed by atoms with Crippen molar-refractivity contribution < 1.29 is 14.2 Å². The summed E-state index contributed by atoms with van der Waals surface area (Å²) in [4.78, 5) is 10.2. The third-order valence-electron chi connectivity index (χ3n) is 3.10. The van der Waals surface area contributed by atoms with Crippen molar-refractivity contribution in [2.75, 3.05) is 0 Å². The van der Waals surface area contributed by atoms with Gasteiger partial charge in [-0.1, -0.05) is 60.7 Å². The molecule has 0 aromatic heterocycles. The quantitative estimate of drug-likeness (QED) is 0.838. The van der Waals surface area contributed by atoms with Gasteiger partial charge in [-0.05, 0) is 11.1 Å². The first-order valence-corrected chi connectivity index (χ1v) is 7.57. The number of ether oxygens (including phenoxy) is 1. The maximum absolute atomic E-state index is 12.4. The van der Waals surface area contributed by atoms with Gasteiger partial charge in [0, 0.05) is 0 Å². The summed E-state index contributed by atoms with van der Waals surface area (Å²) in [6.45, 7) is 0. The fourth-order valence-corrected chi connectivity index (χ4v) is 4.02. The van der Waals surface area contributed by atoms with E-state index in [0.717, 1.165) is 11.1 Å². The number of hydrogen-bond acceptors (Lipinski definition) is 2. The fraction of sp³-hybridized carbons (Fsp3) is 0.143. The Morgan fingerprint density at radius 3 is 1.56 bits per heavy atom. The molecule has 1 aliphatic rings. The van der Waals surface area contributed by atoms with Crippen molar-refractivity contribution in [3.05, 3.63) is 71.8 Å². The van der Waals surface area contributed by atoms with Crippen molar-refractivity contribution in [1.29, 1.82) is 0 Å². The summed E-state index contributed by atoms with van der Waals surface area (Å²) < 4.78 is 18.0. The Balaban J connectivity index is 1.88. The largest absolute Gasteiger partial charge is 0.345 e. The first-order valence-electron chi connectivity index (χ1n) is 5.77. The third kappa shape index (κ3) is 1.81. The predicted molar refractivity (Wildman–Crippen MR) is 69.3 cm³/mol. The molecule has 0 saturated carbocycles. The second-order valence-corrected chi connectivity index (χ2v) is 6.62. The normalized spacial score (nSPS) is 30.7. The molecule has 2 aromatic rings. The van der Waals surface area contributed by atoms with Crippen LogP contribution in [0.15, 0.2) is 60.7 Å². The van der Waals surface area contributed by atoms with E-state index in [9.17, 15) is 9.46 Å². The minimum Gasteiger partial charge on any atom is -0.345 e. The second kappa shape index (κ2) is 4.36. The second-order valence-electron chi connectivity index (χ2n) is 4.33. The van der Waals surface area contributed by atoms with Gasteiger partial charge in [-0.25, -0.2) is 0 Å². The Morgan fingerprint density at radius 2 is 1.22 bits per heavy atom. The van der Waals surface area contributed by atoms with Crippen LogP contribution < -0.4 is 0 Å². The topological polar surface area (TPSA) is 46.5 Å². The average molecular weight is 260 g/mol. The molecule has 2 aromatic carbocycles. The molecule has 0 spiro atoms. The van der Waals surface area contributed by atoms with Crippen molar-refractivity contribution in [1.82, 2.24) is 0 Å². The Labute approximate surface area is 105 Å². The lowest BCUT2D eigenvalue weighted by Gasteiger charge is -2.41. The lowest BCUT2D eigenvalue weighted by molar-refractivity contribution is 0.00482. The first kappa shape index (κ1) is 11.7. The molecule has 4 heteroatoms. The summed E-state index contributed by atoms with van der Waals surface area (Å²) in [6.07, 6.45) is 0. The first-order chi connectivity index (χ1) is 8.69. The van der Waals surface area contributed by atoms with Crippen LogP contribution in [0.3, 0.4) is 0 Å². The zero-order chi connectivity index (χ0) is 12.6. The van der Waals surface area contributed by atoms with E-state index < -0.39 is 19.1 Å². The van der Waals surface area contributed by atoms with Gasteiger partial charge in [0.25, 0.3) is 7.37 Å². The molecule has 1 N–H and O–H groups in total. The molecule has 1 fully saturated rings. The van der Waals surface area contributed by atoms with E-state index in [-0.39, 0.29) is 0 Å². The molecule has 1 heterocycles. The zero-order valence-corrected chi connectivity index (χ0v) is 10.5. The number of hydrogen-bond donors (Lipinski definition) is 1. The molecular formula is C14H13O3P. The molecule has 1 unspecified atom stereocenters. The van der Waals surface area contributed by atoms with E-state index in [0.29, 0.717) is 0 Å². The van der Waals surface area contributed by atoms with Crippen LogP contribution in [0.25, 0.3) is 0 Å². The van der Waals surface area contributed by atoms with Crippen molar-refractivity contribution >= 4 is 7.37 Å². The Hall–Kier alpha value is -1.41. The van der Waals surface area contributed by atoms with Crippen molar-refractivity contribution in [2.45, 2.75) is 11.7 Å². The van der Waals surface area contributed by atoms with Crippen molar-refractivity contribution in [2.24, 2.45) is 0 Å². The van der Waals surface area contributed by atoms with E-state index in [4.69, 9.17) is 4.74 Å². The molecule has 3 rings (SSSR count). The van der Waals surface area contributed by atoms with Crippen LogP contribution in [0, 0.1) is 0 Å². The number of rotatable bonds is 2. The molecule has 18 heavy (non-hydrogen) atoms. The van der Waals surface area contributed by atoms with Gasteiger partial charge in [-0.3, -0.25) is 4.57 Å². The molecule has 1 aliphatic heterocycles. The highest BCUT2D eigenvalue weighted by Gasteiger charge is 2.53. The molecule has 0 amide bonds. The summed E-state index contributed by atoms with van der Waals surface area (Å²) in [7, 11) is -3.35. The predicted octanol–water partition coefficient (Wildman–Crippen LogP) is 3.68. The van der Waals surface area contributed by atoms with Gasteiger partial charge >= 0.3 is 0 Å². The SMILES string of the molecule is O=P1(O)[C@@H](c2ccccc2)O[C@H]1c1ccccc1. The van der Waals surface area contributed by atoms with Gasteiger partial charge < -0.3 is 9.63 Å².